The molecule has 0 bridgehead atoms. The van der Waals surface area contributed by atoms with Crippen LogP contribution in [0.15, 0.2) is 17.0 Å². The zero-order valence-electron chi connectivity index (χ0n) is 11.6. The van der Waals surface area contributed by atoms with Crippen LogP contribution in [0, 0.1) is 0 Å². The number of piperidine rings is 1. The van der Waals surface area contributed by atoms with Crippen molar-refractivity contribution >= 4 is 11.8 Å². The molecular formula is C15H23NOS. The third kappa shape index (κ3) is 2.83. The van der Waals surface area contributed by atoms with Gasteiger partial charge in [-0.15, -0.1) is 11.8 Å². The van der Waals surface area contributed by atoms with Gasteiger partial charge in [0.25, 0.3) is 0 Å². The summed E-state index contributed by atoms with van der Waals surface area (Å²) in [5.41, 5.74) is 2.72. The molecule has 18 heavy (non-hydrogen) atoms. The fourth-order valence-electron chi connectivity index (χ4n) is 2.65. The first kappa shape index (κ1) is 13.8. The van der Waals surface area contributed by atoms with Gasteiger partial charge in [-0.1, -0.05) is 13.3 Å². The molecule has 100 valence electrons. The van der Waals surface area contributed by atoms with Crippen LogP contribution in [-0.4, -0.2) is 19.9 Å². The minimum atomic E-state index is 0.501. The second-order valence-corrected chi connectivity index (χ2v) is 5.61. The van der Waals surface area contributed by atoms with E-state index < -0.39 is 0 Å². The number of aryl methyl sites for hydroxylation is 1. The lowest BCUT2D eigenvalue weighted by Gasteiger charge is -2.26. The molecule has 1 aromatic carbocycles. The molecular weight excluding hydrogens is 242 g/mol. The van der Waals surface area contributed by atoms with Gasteiger partial charge in [0.05, 0.1) is 7.11 Å². The Balaban J connectivity index is 2.37. The predicted molar refractivity (Wildman–Crippen MR) is 78.7 cm³/mol. The van der Waals surface area contributed by atoms with E-state index in [0.717, 1.165) is 18.7 Å². The second kappa shape index (κ2) is 6.48. The number of thioether (sulfide) groups is 1. The molecule has 0 amide bonds. The number of rotatable bonds is 4. The van der Waals surface area contributed by atoms with E-state index in [9.17, 15) is 0 Å². The molecule has 1 aliphatic heterocycles. The topological polar surface area (TPSA) is 21.3 Å². The number of methoxy groups -OCH3 is 1. The Morgan fingerprint density at radius 2 is 2.22 bits per heavy atom. The molecule has 0 radical (unpaired) electrons. The van der Waals surface area contributed by atoms with E-state index >= 15 is 0 Å². The molecule has 1 fully saturated rings. The van der Waals surface area contributed by atoms with Gasteiger partial charge in [-0.05, 0) is 55.3 Å². The fourth-order valence-corrected chi connectivity index (χ4v) is 3.35. The summed E-state index contributed by atoms with van der Waals surface area (Å²) < 4.78 is 5.53. The normalized spacial score (nSPS) is 19.8. The molecule has 2 nitrogen and oxygen atoms in total. The van der Waals surface area contributed by atoms with Crippen molar-refractivity contribution in [1.29, 1.82) is 0 Å². The van der Waals surface area contributed by atoms with Crippen LogP contribution in [0.3, 0.4) is 0 Å². The maximum Gasteiger partial charge on any atom is 0.122 e. The van der Waals surface area contributed by atoms with Crippen LogP contribution < -0.4 is 10.1 Å². The van der Waals surface area contributed by atoms with E-state index in [2.05, 4.69) is 30.6 Å². The minimum Gasteiger partial charge on any atom is -0.496 e. The third-order valence-electron chi connectivity index (χ3n) is 3.70. The lowest BCUT2D eigenvalue weighted by Crippen LogP contribution is -2.27. The molecule has 1 aliphatic rings. The summed E-state index contributed by atoms with van der Waals surface area (Å²) in [6.07, 6.45) is 7.05. The largest absolute Gasteiger partial charge is 0.496 e. The number of benzene rings is 1. The predicted octanol–water partition coefficient (Wildman–Crippen LogP) is 3.79. The van der Waals surface area contributed by atoms with E-state index in [4.69, 9.17) is 4.74 Å². The molecule has 0 spiro atoms. The molecule has 1 N–H and O–H groups in total. The molecule has 1 heterocycles. The summed E-state index contributed by atoms with van der Waals surface area (Å²) in [5.74, 6) is 1.04. The van der Waals surface area contributed by atoms with E-state index in [1.807, 2.05) is 11.8 Å². The van der Waals surface area contributed by atoms with Crippen molar-refractivity contribution in [2.75, 3.05) is 19.9 Å². The molecule has 1 saturated heterocycles. The van der Waals surface area contributed by atoms with Crippen LogP contribution in [0.2, 0.25) is 0 Å². The lowest BCUT2D eigenvalue weighted by atomic mass is 9.95. The highest BCUT2D eigenvalue weighted by molar-refractivity contribution is 7.98. The monoisotopic (exact) mass is 265 g/mol. The molecule has 0 saturated carbocycles. The van der Waals surface area contributed by atoms with Crippen LogP contribution in [0.5, 0.6) is 5.75 Å². The van der Waals surface area contributed by atoms with Crippen molar-refractivity contribution in [3.05, 3.63) is 23.3 Å². The summed E-state index contributed by atoms with van der Waals surface area (Å²) >= 11 is 1.84. The number of ether oxygens (including phenoxy) is 1. The summed E-state index contributed by atoms with van der Waals surface area (Å²) in [4.78, 5) is 1.40. The first-order valence-electron chi connectivity index (χ1n) is 6.78. The van der Waals surface area contributed by atoms with Crippen molar-refractivity contribution < 1.29 is 4.74 Å². The van der Waals surface area contributed by atoms with E-state index in [0.29, 0.717) is 6.04 Å². The SMILES string of the molecule is CCc1cc(SC)c(C2CCCCN2)cc1OC. The highest BCUT2D eigenvalue weighted by atomic mass is 32.2. The van der Waals surface area contributed by atoms with Gasteiger partial charge in [-0.2, -0.15) is 0 Å². The average Bonchev–Trinajstić information content (AvgIpc) is 2.46. The molecule has 0 aliphatic carbocycles. The van der Waals surface area contributed by atoms with Gasteiger partial charge < -0.3 is 10.1 Å². The third-order valence-corrected chi connectivity index (χ3v) is 4.49. The van der Waals surface area contributed by atoms with Crippen molar-refractivity contribution in [2.24, 2.45) is 0 Å². The van der Waals surface area contributed by atoms with Crippen LogP contribution in [0.1, 0.15) is 43.4 Å². The first-order chi connectivity index (χ1) is 8.80. The van der Waals surface area contributed by atoms with E-state index in [1.165, 1.54) is 35.3 Å². The van der Waals surface area contributed by atoms with Crippen LogP contribution in [0.25, 0.3) is 0 Å². The van der Waals surface area contributed by atoms with Crippen molar-refractivity contribution in [3.8, 4) is 5.75 Å². The molecule has 1 atom stereocenters. The zero-order valence-corrected chi connectivity index (χ0v) is 12.4. The maximum absolute atomic E-state index is 5.53. The highest BCUT2D eigenvalue weighted by Crippen LogP contribution is 2.35. The summed E-state index contributed by atoms with van der Waals surface area (Å²) in [6.45, 7) is 3.32. The summed E-state index contributed by atoms with van der Waals surface area (Å²) in [5, 5.41) is 3.63. The Bertz CT molecular complexity index is 400. The smallest absolute Gasteiger partial charge is 0.122 e. The van der Waals surface area contributed by atoms with Crippen molar-refractivity contribution in [2.45, 2.75) is 43.5 Å². The van der Waals surface area contributed by atoms with Crippen LogP contribution in [-0.2, 0) is 6.42 Å². The number of hydrogen-bond donors (Lipinski definition) is 1. The fraction of sp³-hybridized carbons (Fsp3) is 0.600. The van der Waals surface area contributed by atoms with E-state index in [1.54, 1.807) is 7.11 Å². The maximum atomic E-state index is 5.53. The van der Waals surface area contributed by atoms with Gasteiger partial charge in [0, 0.05) is 10.9 Å². The Kier molecular flexibility index (Phi) is 4.95. The standard InChI is InChI=1S/C15H23NOS/c1-4-11-9-15(18-3)12(10-14(11)17-2)13-7-5-6-8-16-13/h9-10,13,16H,4-8H2,1-3H3. The van der Waals surface area contributed by atoms with Crippen molar-refractivity contribution in [3.63, 3.8) is 0 Å². The van der Waals surface area contributed by atoms with Crippen LogP contribution >= 0.6 is 11.8 Å². The quantitative estimate of drug-likeness (QED) is 0.837. The molecule has 1 aromatic rings. The molecule has 1 unspecified atom stereocenters. The molecule has 2 rings (SSSR count). The van der Waals surface area contributed by atoms with Gasteiger partial charge in [-0.3, -0.25) is 0 Å². The van der Waals surface area contributed by atoms with E-state index in [-0.39, 0.29) is 0 Å². The van der Waals surface area contributed by atoms with Gasteiger partial charge in [0.2, 0.25) is 0 Å². The zero-order chi connectivity index (χ0) is 13.0. The van der Waals surface area contributed by atoms with Gasteiger partial charge in [0.1, 0.15) is 5.75 Å². The van der Waals surface area contributed by atoms with Gasteiger partial charge in [0.15, 0.2) is 0 Å². The van der Waals surface area contributed by atoms with Crippen molar-refractivity contribution in [1.82, 2.24) is 5.32 Å². The second-order valence-electron chi connectivity index (χ2n) is 4.76. The van der Waals surface area contributed by atoms with Gasteiger partial charge >= 0.3 is 0 Å². The number of nitrogens with one attached hydrogen (secondary N) is 1. The average molecular weight is 265 g/mol. The highest BCUT2D eigenvalue weighted by Gasteiger charge is 2.19. The Morgan fingerprint density at radius 1 is 1.39 bits per heavy atom. The summed E-state index contributed by atoms with van der Waals surface area (Å²) in [7, 11) is 1.77. The Morgan fingerprint density at radius 3 is 2.78 bits per heavy atom. The number of hydrogen-bond acceptors (Lipinski definition) is 3. The molecule has 0 aromatic heterocycles. The summed E-state index contributed by atoms with van der Waals surface area (Å²) in [6, 6.07) is 5.05. The first-order valence-corrected chi connectivity index (χ1v) is 8.00. The lowest BCUT2D eigenvalue weighted by molar-refractivity contribution is 0.394. The minimum absolute atomic E-state index is 0.501. The molecule has 3 heteroatoms. The Labute approximate surface area is 114 Å². The van der Waals surface area contributed by atoms with Gasteiger partial charge in [-0.25, -0.2) is 0 Å². The Hall–Kier alpha value is -0.670. The van der Waals surface area contributed by atoms with Crippen LogP contribution in [0.4, 0.5) is 0 Å².